The van der Waals surface area contributed by atoms with Gasteiger partial charge in [-0.25, -0.2) is 8.42 Å². The molecular weight excluding hydrogens is 315 g/mol. The van der Waals surface area contributed by atoms with E-state index in [9.17, 15) is 26.4 Å². The van der Waals surface area contributed by atoms with Gasteiger partial charge in [0.2, 0.25) is 10.0 Å². The Kier molecular flexibility index (Phi) is 4.99. The highest BCUT2D eigenvalue weighted by Gasteiger charge is 2.31. The summed E-state index contributed by atoms with van der Waals surface area (Å²) in [6, 6.07) is -1.39. The Labute approximate surface area is 118 Å². The fraction of sp³-hybridized carbons (Fsp3) is 0.600. The zero-order valence-corrected chi connectivity index (χ0v) is 11.9. The lowest BCUT2D eigenvalue weighted by Crippen LogP contribution is -2.44. The summed E-state index contributed by atoms with van der Waals surface area (Å²) in [5.74, 6) is -1.92. The van der Waals surface area contributed by atoms with Crippen molar-refractivity contribution in [2.45, 2.75) is 37.5 Å². The van der Waals surface area contributed by atoms with Crippen molar-refractivity contribution in [2.24, 2.45) is 5.92 Å². The number of alkyl halides is 3. The number of carboxylic acid groups (broad SMARTS) is 1. The van der Waals surface area contributed by atoms with Gasteiger partial charge >= 0.3 is 12.1 Å². The second-order valence-corrected chi connectivity index (χ2v) is 6.38. The maximum atomic E-state index is 12.2. The van der Waals surface area contributed by atoms with Crippen molar-refractivity contribution >= 4 is 16.0 Å². The maximum absolute atomic E-state index is 12.2. The summed E-state index contributed by atoms with van der Waals surface area (Å²) < 4.78 is 62.7. The Morgan fingerprint density at radius 1 is 1.48 bits per heavy atom. The Morgan fingerprint density at radius 3 is 2.48 bits per heavy atom. The highest BCUT2D eigenvalue weighted by molar-refractivity contribution is 7.89. The summed E-state index contributed by atoms with van der Waals surface area (Å²) >= 11 is 0. The first-order chi connectivity index (χ1) is 9.42. The Bertz CT molecular complexity index is 609. The molecule has 0 radical (unpaired) electrons. The van der Waals surface area contributed by atoms with Gasteiger partial charge in [0, 0.05) is 6.20 Å². The quantitative estimate of drug-likeness (QED) is 0.805. The van der Waals surface area contributed by atoms with Gasteiger partial charge in [-0.2, -0.15) is 23.0 Å². The molecule has 11 heteroatoms. The largest absolute Gasteiger partial charge is 0.480 e. The van der Waals surface area contributed by atoms with Gasteiger partial charge in [-0.05, 0) is 5.92 Å². The lowest BCUT2D eigenvalue weighted by atomic mass is 10.1. The van der Waals surface area contributed by atoms with Crippen LogP contribution in [0.25, 0.3) is 0 Å². The lowest BCUT2D eigenvalue weighted by molar-refractivity contribution is -0.142. The number of nitrogens with one attached hydrogen (secondary N) is 1. The lowest BCUT2D eigenvalue weighted by Gasteiger charge is -2.17. The molecule has 1 unspecified atom stereocenters. The van der Waals surface area contributed by atoms with Gasteiger partial charge in [-0.15, -0.1) is 0 Å². The molecular formula is C10H14F3N3O4S. The van der Waals surface area contributed by atoms with Crippen LogP contribution >= 0.6 is 0 Å². The van der Waals surface area contributed by atoms with E-state index in [1.54, 1.807) is 0 Å². The molecule has 1 rings (SSSR count). The van der Waals surface area contributed by atoms with Crippen molar-refractivity contribution in [3.63, 3.8) is 0 Å². The number of hydrogen-bond donors (Lipinski definition) is 2. The van der Waals surface area contributed by atoms with Crippen LogP contribution in [0.3, 0.4) is 0 Å². The van der Waals surface area contributed by atoms with Gasteiger partial charge in [0.25, 0.3) is 0 Å². The first-order valence-corrected chi connectivity index (χ1v) is 7.25. The molecule has 1 aromatic heterocycles. The third-order valence-electron chi connectivity index (χ3n) is 2.48. The van der Waals surface area contributed by atoms with Crippen molar-refractivity contribution in [3.05, 3.63) is 12.4 Å². The second-order valence-electron chi connectivity index (χ2n) is 4.67. The van der Waals surface area contributed by atoms with E-state index in [2.05, 4.69) is 5.10 Å². The number of carbonyl (C=O) groups is 1. The molecule has 0 fully saturated rings. The SMILES string of the molecule is CC(C)C(NS(=O)(=O)c1cnn(CC(F)(F)F)c1)C(=O)O. The van der Waals surface area contributed by atoms with Gasteiger partial charge in [-0.3, -0.25) is 9.48 Å². The van der Waals surface area contributed by atoms with Crippen molar-refractivity contribution in [3.8, 4) is 0 Å². The van der Waals surface area contributed by atoms with E-state index in [0.29, 0.717) is 10.9 Å². The van der Waals surface area contributed by atoms with Crippen LogP contribution in [0.2, 0.25) is 0 Å². The molecule has 0 aliphatic carbocycles. The van der Waals surface area contributed by atoms with Crippen molar-refractivity contribution < 1.29 is 31.5 Å². The molecule has 1 heterocycles. The number of sulfonamides is 1. The van der Waals surface area contributed by atoms with Crippen molar-refractivity contribution in [1.82, 2.24) is 14.5 Å². The number of aromatic nitrogens is 2. The van der Waals surface area contributed by atoms with E-state index in [0.717, 1.165) is 6.20 Å². The second kappa shape index (κ2) is 6.02. The molecule has 0 aromatic carbocycles. The van der Waals surface area contributed by atoms with E-state index in [1.807, 2.05) is 4.72 Å². The number of hydrogen-bond acceptors (Lipinski definition) is 4. The van der Waals surface area contributed by atoms with Crippen LogP contribution in [0, 0.1) is 5.92 Å². The fourth-order valence-corrected chi connectivity index (χ4v) is 2.75. The highest BCUT2D eigenvalue weighted by atomic mass is 32.2. The molecule has 0 spiro atoms. The average molecular weight is 329 g/mol. The number of aliphatic carboxylic acids is 1. The molecule has 2 N–H and O–H groups in total. The molecule has 1 aromatic rings. The molecule has 120 valence electrons. The van der Waals surface area contributed by atoms with Crippen LogP contribution in [0.5, 0.6) is 0 Å². The molecule has 21 heavy (non-hydrogen) atoms. The van der Waals surface area contributed by atoms with E-state index in [-0.39, 0.29) is 0 Å². The predicted molar refractivity (Wildman–Crippen MR) is 64.9 cm³/mol. The summed E-state index contributed by atoms with van der Waals surface area (Å²) in [4.78, 5) is 10.4. The first-order valence-electron chi connectivity index (χ1n) is 5.77. The zero-order valence-electron chi connectivity index (χ0n) is 11.1. The normalized spacial score (nSPS) is 14.4. The van der Waals surface area contributed by atoms with Gasteiger partial charge < -0.3 is 5.11 Å². The van der Waals surface area contributed by atoms with Crippen LogP contribution in [-0.2, 0) is 21.4 Å². The Balaban J connectivity index is 2.96. The number of halogens is 3. The Hall–Kier alpha value is -1.62. The van der Waals surface area contributed by atoms with Crippen LogP contribution in [0.15, 0.2) is 17.3 Å². The van der Waals surface area contributed by atoms with Crippen molar-refractivity contribution in [2.75, 3.05) is 0 Å². The fourth-order valence-electron chi connectivity index (χ4n) is 1.46. The minimum atomic E-state index is -4.54. The number of nitrogens with zero attached hydrogens (tertiary/aromatic N) is 2. The summed E-state index contributed by atoms with van der Waals surface area (Å²) in [6.07, 6.45) is -3.12. The first kappa shape index (κ1) is 17.4. The molecule has 0 aliphatic rings. The van der Waals surface area contributed by atoms with Crippen LogP contribution < -0.4 is 4.72 Å². The number of rotatable bonds is 6. The summed E-state index contributed by atoms with van der Waals surface area (Å²) in [5, 5.41) is 12.2. The van der Waals surface area contributed by atoms with Crippen LogP contribution in [0.1, 0.15) is 13.8 Å². The van der Waals surface area contributed by atoms with Gasteiger partial charge in [0.05, 0.1) is 6.20 Å². The van der Waals surface area contributed by atoms with E-state index in [4.69, 9.17) is 5.11 Å². The minimum Gasteiger partial charge on any atom is -0.480 e. The molecule has 0 amide bonds. The minimum absolute atomic E-state index is 0.416. The zero-order chi connectivity index (χ0) is 16.4. The average Bonchev–Trinajstić information content (AvgIpc) is 2.71. The molecule has 1 atom stereocenters. The topological polar surface area (TPSA) is 101 Å². The molecule has 0 bridgehead atoms. The standard InChI is InChI=1S/C10H14F3N3O4S/c1-6(2)8(9(17)18)15-21(19,20)7-3-14-16(4-7)5-10(11,12)13/h3-4,6,8,15H,5H2,1-2H3,(H,17,18). The predicted octanol–water partition coefficient (Wildman–Crippen LogP) is 0.833. The Morgan fingerprint density at radius 2 is 2.05 bits per heavy atom. The number of carboxylic acids is 1. The smallest absolute Gasteiger partial charge is 0.408 e. The highest BCUT2D eigenvalue weighted by Crippen LogP contribution is 2.18. The van der Waals surface area contributed by atoms with Crippen LogP contribution in [0.4, 0.5) is 13.2 Å². The summed E-state index contributed by atoms with van der Waals surface area (Å²) in [5.41, 5.74) is 0. The summed E-state index contributed by atoms with van der Waals surface area (Å²) in [6.45, 7) is 1.55. The van der Waals surface area contributed by atoms with Gasteiger partial charge in [-0.1, -0.05) is 13.8 Å². The summed E-state index contributed by atoms with van der Waals surface area (Å²) in [7, 11) is -4.27. The van der Waals surface area contributed by atoms with E-state index < -0.39 is 45.6 Å². The van der Waals surface area contributed by atoms with E-state index in [1.165, 1.54) is 13.8 Å². The maximum Gasteiger partial charge on any atom is 0.408 e. The molecule has 0 saturated carbocycles. The molecule has 7 nitrogen and oxygen atoms in total. The van der Waals surface area contributed by atoms with E-state index >= 15 is 0 Å². The monoisotopic (exact) mass is 329 g/mol. The van der Waals surface area contributed by atoms with Crippen molar-refractivity contribution in [1.29, 1.82) is 0 Å². The molecule has 0 aliphatic heterocycles. The third kappa shape index (κ3) is 5.01. The van der Waals surface area contributed by atoms with Gasteiger partial charge in [0.15, 0.2) is 0 Å². The van der Waals surface area contributed by atoms with Crippen LogP contribution in [-0.4, -0.2) is 41.5 Å². The third-order valence-corrected chi connectivity index (χ3v) is 3.87. The molecule has 0 saturated heterocycles. The van der Waals surface area contributed by atoms with Gasteiger partial charge in [0.1, 0.15) is 17.5 Å².